The SMILES string of the molecule is CCc1nc(C(=O)OC)c(N)n1Cc1cccc(C#N)c1. The number of esters is 1. The number of nitriles is 1. The van der Waals surface area contributed by atoms with E-state index in [4.69, 9.17) is 11.0 Å². The molecule has 0 saturated carbocycles. The normalized spacial score (nSPS) is 10.1. The van der Waals surface area contributed by atoms with E-state index in [1.165, 1.54) is 7.11 Å². The number of ether oxygens (including phenoxy) is 1. The Morgan fingerprint density at radius 2 is 2.29 bits per heavy atom. The number of carbonyl (C=O) groups excluding carboxylic acids is 1. The summed E-state index contributed by atoms with van der Waals surface area (Å²) in [6.07, 6.45) is 0.638. The van der Waals surface area contributed by atoms with Crippen LogP contribution in [0, 0.1) is 11.3 Å². The molecule has 0 aliphatic heterocycles. The van der Waals surface area contributed by atoms with Crippen molar-refractivity contribution in [1.82, 2.24) is 9.55 Å². The molecule has 0 aliphatic rings. The molecule has 108 valence electrons. The third kappa shape index (κ3) is 2.87. The zero-order valence-electron chi connectivity index (χ0n) is 12.0. The number of nitrogens with two attached hydrogens (primary N) is 1. The molecule has 0 atom stereocenters. The number of imidazole rings is 1. The Kier molecular flexibility index (Phi) is 4.24. The van der Waals surface area contributed by atoms with Crippen LogP contribution in [0.15, 0.2) is 24.3 Å². The number of rotatable bonds is 4. The van der Waals surface area contributed by atoms with E-state index in [1.54, 1.807) is 16.7 Å². The van der Waals surface area contributed by atoms with Gasteiger partial charge in [-0.1, -0.05) is 19.1 Å². The smallest absolute Gasteiger partial charge is 0.360 e. The monoisotopic (exact) mass is 284 g/mol. The maximum Gasteiger partial charge on any atom is 0.360 e. The van der Waals surface area contributed by atoms with Crippen LogP contribution in [-0.2, 0) is 17.7 Å². The minimum Gasteiger partial charge on any atom is -0.464 e. The van der Waals surface area contributed by atoms with Gasteiger partial charge < -0.3 is 15.0 Å². The second kappa shape index (κ2) is 6.09. The van der Waals surface area contributed by atoms with Gasteiger partial charge in [-0.2, -0.15) is 5.26 Å². The first-order valence-corrected chi connectivity index (χ1v) is 6.53. The number of aromatic nitrogens is 2. The maximum atomic E-state index is 11.6. The standard InChI is InChI=1S/C15H16N4O2/c1-3-12-18-13(15(20)21-2)14(17)19(12)9-11-6-4-5-10(7-11)8-16/h4-7H,3,9,17H2,1-2H3. The summed E-state index contributed by atoms with van der Waals surface area (Å²) in [4.78, 5) is 15.9. The summed E-state index contributed by atoms with van der Waals surface area (Å²) in [5.41, 5.74) is 7.64. The number of hydrogen-bond acceptors (Lipinski definition) is 5. The molecular weight excluding hydrogens is 268 g/mol. The van der Waals surface area contributed by atoms with Crippen LogP contribution >= 0.6 is 0 Å². The predicted molar refractivity (Wildman–Crippen MR) is 77.6 cm³/mol. The lowest BCUT2D eigenvalue weighted by atomic mass is 10.1. The van der Waals surface area contributed by atoms with Crippen molar-refractivity contribution in [2.45, 2.75) is 19.9 Å². The van der Waals surface area contributed by atoms with E-state index in [-0.39, 0.29) is 11.5 Å². The third-order valence-corrected chi connectivity index (χ3v) is 3.18. The van der Waals surface area contributed by atoms with Gasteiger partial charge in [0.25, 0.3) is 0 Å². The van der Waals surface area contributed by atoms with Gasteiger partial charge in [0.15, 0.2) is 5.69 Å². The van der Waals surface area contributed by atoms with E-state index in [1.807, 2.05) is 19.1 Å². The van der Waals surface area contributed by atoms with E-state index in [2.05, 4.69) is 15.8 Å². The minimum atomic E-state index is -0.549. The number of carbonyl (C=O) groups is 1. The largest absolute Gasteiger partial charge is 0.464 e. The predicted octanol–water partition coefficient (Wildman–Crippen LogP) is 1.73. The molecular formula is C15H16N4O2. The van der Waals surface area contributed by atoms with Crippen LogP contribution in [0.2, 0.25) is 0 Å². The van der Waals surface area contributed by atoms with Crippen molar-refractivity contribution < 1.29 is 9.53 Å². The van der Waals surface area contributed by atoms with Crippen molar-refractivity contribution in [3.05, 3.63) is 46.9 Å². The van der Waals surface area contributed by atoms with Gasteiger partial charge in [0.2, 0.25) is 0 Å². The van der Waals surface area contributed by atoms with Crippen molar-refractivity contribution in [2.75, 3.05) is 12.8 Å². The molecule has 0 amide bonds. The number of anilines is 1. The van der Waals surface area contributed by atoms with Gasteiger partial charge in [0.05, 0.1) is 25.3 Å². The van der Waals surface area contributed by atoms with Gasteiger partial charge in [-0.3, -0.25) is 0 Å². The van der Waals surface area contributed by atoms with Crippen LogP contribution < -0.4 is 5.73 Å². The fourth-order valence-corrected chi connectivity index (χ4v) is 2.13. The summed E-state index contributed by atoms with van der Waals surface area (Å²) in [6.45, 7) is 2.39. The van der Waals surface area contributed by atoms with Crippen LogP contribution in [0.3, 0.4) is 0 Å². The number of nitrogens with zero attached hydrogens (tertiary/aromatic N) is 3. The number of methoxy groups -OCH3 is 1. The van der Waals surface area contributed by atoms with Crippen molar-refractivity contribution >= 4 is 11.8 Å². The first-order valence-electron chi connectivity index (χ1n) is 6.53. The molecule has 1 aromatic heterocycles. The van der Waals surface area contributed by atoms with E-state index >= 15 is 0 Å². The van der Waals surface area contributed by atoms with Gasteiger partial charge in [-0.15, -0.1) is 0 Å². The average molecular weight is 284 g/mol. The Balaban J connectivity index is 2.41. The van der Waals surface area contributed by atoms with Gasteiger partial charge in [0, 0.05) is 6.42 Å². The van der Waals surface area contributed by atoms with Gasteiger partial charge in [0.1, 0.15) is 11.6 Å². The molecule has 2 rings (SSSR count). The second-order valence-corrected chi connectivity index (χ2v) is 4.51. The Hall–Kier alpha value is -2.81. The van der Waals surface area contributed by atoms with Crippen LogP contribution in [0.4, 0.5) is 5.82 Å². The van der Waals surface area contributed by atoms with Crippen molar-refractivity contribution in [3.63, 3.8) is 0 Å². The van der Waals surface area contributed by atoms with Gasteiger partial charge >= 0.3 is 5.97 Å². The number of hydrogen-bond donors (Lipinski definition) is 1. The summed E-state index contributed by atoms with van der Waals surface area (Å²) >= 11 is 0. The summed E-state index contributed by atoms with van der Waals surface area (Å²) in [6, 6.07) is 9.34. The van der Waals surface area contributed by atoms with Gasteiger partial charge in [-0.05, 0) is 17.7 Å². The highest BCUT2D eigenvalue weighted by Gasteiger charge is 2.20. The Bertz CT molecular complexity index is 713. The quantitative estimate of drug-likeness (QED) is 0.863. The molecule has 21 heavy (non-hydrogen) atoms. The lowest BCUT2D eigenvalue weighted by molar-refractivity contribution is 0.0595. The lowest BCUT2D eigenvalue weighted by Crippen LogP contribution is -2.10. The molecule has 1 heterocycles. The maximum absolute atomic E-state index is 11.6. The van der Waals surface area contributed by atoms with E-state index in [0.29, 0.717) is 24.4 Å². The fourth-order valence-electron chi connectivity index (χ4n) is 2.13. The first kappa shape index (κ1) is 14.6. The molecule has 6 heteroatoms. The number of aryl methyl sites for hydroxylation is 1. The molecule has 6 nitrogen and oxygen atoms in total. The highest BCUT2D eigenvalue weighted by Crippen LogP contribution is 2.18. The molecule has 2 N–H and O–H groups in total. The molecule has 0 saturated heterocycles. The third-order valence-electron chi connectivity index (χ3n) is 3.18. The fraction of sp³-hybridized carbons (Fsp3) is 0.267. The van der Waals surface area contributed by atoms with Crippen molar-refractivity contribution in [1.29, 1.82) is 5.26 Å². The topological polar surface area (TPSA) is 93.9 Å². The second-order valence-electron chi connectivity index (χ2n) is 4.51. The average Bonchev–Trinajstić information content (AvgIpc) is 2.83. The van der Waals surface area contributed by atoms with E-state index in [0.717, 1.165) is 5.56 Å². The molecule has 0 bridgehead atoms. The summed E-state index contributed by atoms with van der Waals surface area (Å²) < 4.78 is 6.45. The van der Waals surface area contributed by atoms with Gasteiger partial charge in [-0.25, -0.2) is 9.78 Å². The molecule has 1 aromatic carbocycles. The minimum absolute atomic E-state index is 0.130. The Morgan fingerprint density at radius 3 is 2.90 bits per heavy atom. The van der Waals surface area contributed by atoms with Crippen LogP contribution in [0.25, 0.3) is 0 Å². The Labute approximate surface area is 122 Å². The lowest BCUT2D eigenvalue weighted by Gasteiger charge is -2.09. The molecule has 2 aromatic rings. The number of benzene rings is 1. The Morgan fingerprint density at radius 1 is 1.52 bits per heavy atom. The summed E-state index contributed by atoms with van der Waals surface area (Å²) in [5, 5.41) is 8.94. The zero-order valence-corrected chi connectivity index (χ0v) is 12.0. The zero-order chi connectivity index (χ0) is 15.4. The van der Waals surface area contributed by atoms with E-state index < -0.39 is 5.97 Å². The summed E-state index contributed by atoms with van der Waals surface area (Å²) in [7, 11) is 1.29. The molecule has 0 unspecified atom stereocenters. The first-order chi connectivity index (χ1) is 10.1. The van der Waals surface area contributed by atoms with Crippen molar-refractivity contribution in [2.24, 2.45) is 0 Å². The van der Waals surface area contributed by atoms with Crippen LogP contribution in [0.1, 0.15) is 34.4 Å². The van der Waals surface area contributed by atoms with E-state index in [9.17, 15) is 4.79 Å². The van der Waals surface area contributed by atoms with Crippen LogP contribution in [0.5, 0.6) is 0 Å². The summed E-state index contributed by atoms with van der Waals surface area (Å²) in [5.74, 6) is 0.433. The molecule has 0 fully saturated rings. The number of nitrogen functional groups attached to an aromatic ring is 1. The van der Waals surface area contributed by atoms with Crippen molar-refractivity contribution in [3.8, 4) is 6.07 Å². The highest BCUT2D eigenvalue weighted by molar-refractivity contribution is 5.92. The highest BCUT2D eigenvalue weighted by atomic mass is 16.5. The molecule has 0 aliphatic carbocycles. The molecule has 0 spiro atoms. The molecule has 0 radical (unpaired) electrons. The van der Waals surface area contributed by atoms with Crippen LogP contribution in [-0.4, -0.2) is 22.6 Å².